The van der Waals surface area contributed by atoms with E-state index in [1.165, 1.54) is 18.2 Å². The fourth-order valence-corrected chi connectivity index (χ4v) is 4.17. The predicted octanol–water partition coefficient (Wildman–Crippen LogP) is 2.64. The van der Waals surface area contributed by atoms with Gasteiger partial charge in [-0.3, -0.25) is 4.79 Å². The van der Waals surface area contributed by atoms with Gasteiger partial charge in [-0.2, -0.15) is 0 Å². The van der Waals surface area contributed by atoms with Crippen molar-refractivity contribution in [1.29, 1.82) is 0 Å². The molecule has 4 rings (SSSR count). The van der Waals surface area contributed by atoms with E-state index in [4.69, 9.17) is 23.7 Å². The first-order valence-corrected chi connectivity index (χ1v) is 10.3. The van der Waals surface area contributed by atoms with Crippen LogP contribution in [0.4, 0.5) is 13.2 Å². The van der Waals surface area contributed by atoms with Crippen LogP contribution in [0.15, 0.2) is 24.3 Å². The van der Waals surface area contributed by atoms with E-state index in [9.17, 15) is 18.0 Å². The molecular formula is C21H26F3NO7. The SMILES string of the molecule is CC1(C)OCC([C@H]2O[C@@H]3OC(C)(C)O[C@@H]3[C@@H]2NC(=O)Cc2cccc(OC(F)(F)F)c2)O1. The molecule has 3 aliphatic rings. The fourth-order valence-electron chi connectivity index (χ4n) is 4.17. The number of benzene rings is 1. The van der Waals surface area contributed by atoms with Crippen LogP contribution in [-0.2, 0) is 34.9 Å². The van der Waals surface area contributed by atoms with Crippen LogP contribution in [0.2, 0.25) is 0 Å². The second-order valence-corrected chi connectivity index (χ2v) is 8.90. The van der Waals surface area contributed by atoms with Crippen molar-refractivity contribution in [1.82, 2.24) is 5.32 Å². The molecule has 1 N–H and O–H groups in total. The number of rotatable bonds is 5. The zero-order chi connectivity index (χ0) is 23.3. The van der Waals surface area contributed by atoms with Crippen LogP contribution in [0.5, 0.6) is 5.75 Å². The Morgan fingerprint density at radius 3 is 2.53 bits per heavy atom. The first-order chi connectivity index (χ1) is 14.8. The Kier molecular flexibility index (Phi) is 5.91. The summed E-state index contributed by atoms with van der Waals surface area (Å²) in [6.07, 6.45) is -7.30. The summed E-state index contributed by atoms with van der Waals surface area (Å²) in [4.78, 5) is 12.8. The summed E-state index contributed by atoms with van der Waals surface area (Å²) < 4.78 is 70.7. The Hall–Kier alpha value is -1.92. The molecule has 1 aromatic rings. The van der Waals surface area contributed by atoms with Crippen molar-refractivity contribution < 1.29 is 46.4 Å². The van der Waals surface area contributed by atoms with Crippen LogP contribution in [0, 0.1) is 0 Å². The van der Waals surface area contributed by atoms with Crippen LogP contribution in [0.25, 0.3) is 0 Å². The highest BCUT2D eigenvalue weighted by Gasteiger charge is 2.58. The average molecular weight is 461 g/mol. The van der Waals surface area contributed by atoms with Crippen LogP contribution < -0.4 is 10.1 Å². The van der Waals surface area contributed by atoms with Gasteiger partial charge in [-0.15, -0.1) is 13.2 Å². The summed E-state index contributed by atoms with van der Waals surface area (Å²) in [7, 11) is 0. The van der Waals surface area contributed by atoms with Crippen molar-refractivity contribution in [2.45, 2.75) is 82.7 Å². The molecule has 0 spiro atoms. The molecule has 5 atom stereocenters. The molecule has 8 nitrogen and oxygen atoms in total. The maximum atomic E-state index is 12.8. The van der Waals surface area contributed by atoms with Crippen LogP contribution in [-0.4, -0.2) is 61.1 Å². The lowest BCUT2D eigenvalue weighted by Gasteiger charge is -2.29. The molecule has 0 radical (unpaired) electrons. The van der Waals surface area contributed by atoms with Gasteiger partial charge in [0.05, 0.1) is 19.1 Å². The largest absolute Gasteiger partial charge is 0.573 e. The van der Waals surface area contributed by atoms with Gasteiger partial charge >= 0.3 is 6.36 Å². The molecule has 1 unspecified atom stereocenters. The third-order valence-electron chi connectivity index (χ3n) is 5.31. The Bertz CT molecular complexity index is 860. The molecule has 0 saturated carbocycles. The van der Waals surface area contributed by atoms with Crippen molar-refractivity contribution >= 4 is 5.91 Å². The summed E-state index contributed by atoms with van der Waals surface area (Å²) in [6.45, 7) is 7.31. The van der Waals surface area contributed by atoms with E-state index in [0.717, 1.165) is 0 Å². The highest BCUT2D eigenvalue weighted by molar-refractivity contribution is 5.79. The third-order valence-corrected chi connectivity index (χ3v) is 5.31. The minimum atomic E-state index is -4.81. The fraction of sp³-hybridized carbons (Fsp3) is 0.667. The number of fused-ring (bicyclic) bond motifs is 1. The summed E-state index contributed by atoms with van der Waals surface area (Å²) in [5.41, 5.74) is 0.363. The highest BCUT2D eigenvalue weighted by atomic mass is 19.4. The van der Waals surface area contributed by atoms with Crippen LogP contribution in [0.3, 0.4) is 0 Å². The van der Waals surface area contributed by atoms with Crippen molar-refractivity contribution in [2.24, 2.45) is 0 Å². The standard InChI is InChI=1S/C21H26F3NO7/c1-19(2)27-10-13(30-19)16-15(17-18(28-16)32-20(3,4)31-17)25-14(26)9-11-6-5-7-12(8-11)29-21(22,23)24/h5-8,13,15-18H,9-10H2,1-4H3,(H,25,26)/t13?,15-,16-,17-,18-/m1/s1. The van der Waals surface area contributed by atoms with E-state index < -0.39 is 60.2 Å². The van der Waals surface area contributed by atoms with Crippen molar-refractivity contribution in [3.63, 3.8) is 0 Å². The first-order valence-electron chi connectivity index (χ1n) is 10.3. The molecule has 1 aromatic carbocycles. The molecule has 0 aromatic heterocycles. The Balaban J connectivity index is 1.46. The average Bonchev–Trinajstić information content (AvgIpc) is 3.24. The van der Waals surface area contributed by atoms with Gasteiger partial charge in [0.2, 0.25) is 5.91 Å². The molecule has 3 saturated heterocycles. The van der Waals surface area contributed by atoms with Gasteiger partial charge in [0.1, 0.15) is 24.1 Å². The summed E-state index contributed by atoms with van der Waals surface area (Å²) >= 11 is 0. The summed E-state index contributed by atoms with van der Waals surface area (Å²) in [5, 5.41) is 2.89. The van der Waals surface area contributed by atoms with Crippen molar-refractivity contribution in [3.05, 3.63) is 29.8 Å². The molecule has 178 valence electrons. The normalized spacial score (nSPS) is 33.2. The van der Waals surface area contributed by atoms with Crippen LogP contribution in [0.1, 0.15) is 33.3 Å². The van der Waals surface area contributed by atoms with E-state index in [-0.39, 0.29) is 13.0 Å². The number of carbonyl (C=O) groups excluding carboxylic acids is 1. The van der Waals surface area contributed by atoms with Crippen LogP contribution >= 0.6 is 0 Å². The topological polar surface area (TPSA) is 84.5 Å². The number of carbonyl (C=O) groups is 1. The molecular weight excluding hydrogens is 435 g/mol. The van der Waals surface area contributed by atoms with Gasteiger partial charge in [-0.25, -0.2) is 0 Å². The molecule has 32 heavy (non-hydrogen) atoms. The molecule has 0 aliphatic carbocycles. The molecule has 11 heteroatoms. The second kappa shape index (κ2) is 8.14. The Morgan fingerprint density at radius 1 is 1.12 bits per heavy atom. The summed E-state index contributed by atoms with van der Waals surface area (Å²) in [6, 6.07) is 4.68. The monoisotopic (exact) mass is 461 g/mol. The summed E-state index contributed by atoms with van der Waals surface area (Å²) in [5.74, 6) is -2.49. The highest BCUT2D eigenvalue weighted by Crippen LogP contribution is 2.40. The zero-order valence-corrected chi connectivity index (χ0v) is 18.1. The maximum absolute atomic E-state index is 12.8. The predicted molar refractivity (Wildman–Crippen MR) is 102 cm³/mol. The lowest BCUT2D eigenvalue weighted by Crippen LogP contribution is -2.52. The van der Waals surface area contributed by atoms with Gasteiger partial charge in [0, 0.05) is 0 Å². The van der Waals surface area contributed by atoms with Gasteiger partial charge < -0.3 is 33.7 Å². The van der Waals surface area contributed by atoms with Crippen molar-refractivity contribution in [2.75, 3.05) is 6.61 Å². The lowest BCUT2D eigenvalue weighted by molar-refractivity contribution is -0.274. The number of amides is 1. The zero-order valence-electron chi connectivity index (χ0n) is 18.1. The molecule has 3 aliphatic heterocycles. The Labute approximate surface area is 183 Å². The minimum Gasteiger partial charge on any atom is -0.406 e. The third kappa shape index (κ3) is 5.34. The van der Waals surface area contributed by atoms with E-state index in [1.54, 1.807) is 33.8 Å². The van der Waals surface area contributed by atoms with Crippen molar-refractivity contribution in [3.8, 4) is 5.75 Å². The minimum absolute atomic E-state index is 0.159. The van der Waals surface area contributed by atoms with Gasteiger partial charge in [-0.1, -0.05) is 12.1 Å². The quantitative estimate of drug-likeness (QED) is 0.722. The maximum Gasteiger partial charge on any atom is 0.573 e. The first kappa shape index (κ1) is 23.2. The second-order valence-electron chi connectivity index (χ2n) is 8.90. The smallest absolute Gasteiger partial charge is 0.406 e. The number of hydrogen-bond donors (Lipinski definition) is 1. The Morgan fingerprint density at radius 2 is 1.88 bits per heavy atom. The van der Waals surface area contributed by atoms with Gasteiger partial charge in [0.25, 0.3) is 0 Å². The lowest BCUT2D eigenvalue weighted by atomic mass is 10.0. The molecule has 3 fully saturated rings. The van der Waals surface area contributed by atoms with E-state index in [2.05, 4.69) is 10.1 Å². The number of hydrogen-bond acceptors (Lipinski definition) is 7. The van der Waals surface area contributed by atoms with E-state index in [1.807, 2.05) is 0 Å². The number of nitrogens with one attached hydrogen (secondary N) is 1. The molecule has 3 heterocycles. The number of ether oxygens (including phenoxy) is 6. The van der Waals surface area contributed by atoms with E-state index >= 15 is 0 Å². The number of alkyl halides is 3. The van der Waals surface area contributed by atoms with E-state index in [0.29, 0.717) is 5.56 Å². The van der Waals surface area contributed by atoms with Gasteiger partial charge in [0.15, 0.2) is 17.9 Å². The number of halogens is 3. The van der Waals surface area contributed by atoms with Gasteiger partial charge in [-0.05, 0) is 45.4 Å². The molecule has 1 amide bonds. The molecule has 0 bridgehead atoms.